The molecule has 1 aliphatic rings. The molecule has 0 amide bonds. The van der Waals surface area contributed by atoms with E-state index < -0.39 is 0 Å². The highest BCUT2D eigenvalue weighted by molar-refractivity contribution is 9.10. The van der Waals surface area contributed by atoms with Crippen molar-refractivity contribution in [3.05, 3.63) is 27.5 Å². The number of nitrogens with zero attached hydrogens (tertiary/aromatic N) is 1. The summed E-state index contributed by atoms with van der Waals surface area (Å²) in [5, 5.41) is 3.95. The van der Waals surface area contributed by atoms with Gasteiger partial charge in [0.1, 0.15) is 5.15 Å². The lowest BCUT2D eigenvalue weighted by molar-refractivity contribution is 0.644. The zero-order valence-corrected chi connectivity index (χ0v) is 9.40. The number of hydrogen-bond donors (Lipinski definition) is 1. The van der Waals surface area contributed by atoms with Crippen molar-refractivity contribution in [2.45, 2.75) is 18.9 Å². The molecule has 4 heteroatoms. The van der Waals surface area contributed by atoms with Crippen LogP contribution in [-0.4, -0.2) is 11.5 Å². The number of rotatable bonds is 1. The lowest BCUT2D eigenvalue weighted by Crippen LogP contribution is -2.12. The second-order valence-corrected chi connectivity index (χ2v) is 4.40. The van der Waals surface area contributed by atoms with Crippen molar-refractivity contribution < 1.29 is 0 Å². The van der Waals surface area contributed by atoms with Gasteiger partial charge in [-0.1, -0.05) is 11.6 Å². The largest absolute Gasteiger partial charge is 0.310 e. The van der Waals surface area contributed by atoms with Gasteiger partial charge < -0.3 is 5.32 Å². The first kappa shape index (κ1) is 9.44. The van der Waals surface area contributed by atoms with Crippen LogP contribution >= 0.6 is 27.5 Å². The van der Waals surface area contributed by atoms with E-state index in [2.05, 4.69) is 26.2 Å². The first-order chi connectivity index (χ1) is 6.27. The monoisotopic (exact) mass is 260 g/mol. The molecule has 1 saturated heterocycles. The Labute approximate surface area is 90.8 Å². The van der Waals surface area contributed by atoms with Gasteiger partial charge >= 0.3 is 0 Å². The Hall–Kier alpha value is -0.120. The lowest BCUT2D eigenvalue weighted by atomic mass is 10.1. The van der Waals surface area contributed by atoms with Gasteiger partial charge in [0.15, 0.2) is 0 Å². The summed E-state index contributed by atoms with van der Waals surface area (Å²) in [5.41, 5.74) is 1.22. The Morgan fingerprint density at radius 1 is 1.62 bits per heavy atom. The Morgan fingerprint density at radius 3 is 3.08 bits per heavy atom. The summed E-state index contributed by atoms with van der Waals surface area (Å²) in [5.74, 6) is 0. The van der Waals surface area contributed by atoms with Gasteiger partial charge in [-0.05, 0) is 46.9 Å². The molecule has 0 bridgehead atoms. The van der Waals surface area contributed by atoms with Crippen LogP contribution in [0.1, 0.15) is 24.4 Å². The fourth-order valence-electron chi connectivity index (χ4n) is 1.60. The minimum absolute atomic E-state index is 0.459. The van der Waals surface area contributed by atoms with Gasteiger partial charge in [-0.3, -0.25) is 0 Å². The number of hydrogen-bond acceptors (Lipinski definition) is 2. The minimum Gasteiger partial charge on any atom is -0.310 e. The van der Waals surface area contributed by atoms with E-state index in [1.165, 1.54) is 18.4 Å². The zero-order valence-electron chi connectivity index (χ0n) is 7.06. The smallest absolute Gasteiger partial charge is 0.143 e. The maximum absolute atomic E-state index is 5.81. The first-order valence-corrected chi connectivity index (χ1v) is 5.49. The molecule has 2 nitrogen and oxygen atoms in total. The Morgan fingerprint density at radius 2 is 2.46 bits per heavy atom. The number of nitrogens with one attached hydrogen (secondary N) is 1. The molecule has 0 radical (unpaired) electrons. The van der Waals surface area contributed by atoms with Crippen LogP contribution in [0.3, 0.4) is 0 Å². The van der Waals surface area contributed by atoms with E-state index in [1.54, 1.807) is 0 Å². The van der Waals surface area contributed by atoms with Crippen molar-refractivity contribution in [2.24, 2.45) is 0 Å². The molecule has 0 aromatic carbocycles. The van der Waals surface area contributed by atoms with E-state index in [0.29, 0.717) is 11.2 Å². The van der Waals surface area contributed by atoms with Gasteiger partial charge in [-0.25, -0.2) is 4.98 Å². The van der Waals surface area contributed by atoms with Crippen molar-refractivity contribution >= 4 is 27.5 Å². The second-order valence-electron chi connectivity index (χ2n) is 3.19. The SMILES string of the molecule is Clc1ncc([C@@H]2CCCN2)cc1Br. The van der Waals surface area contributed by atoms with E-state index >= 15 is 0 Å². The lowest BCUT2D eigenvalue weighted by Gasteiger charge is -2.10. The molecule has 70 valence electrons. The van der Waals surface area contributed by atoms with Gasteiger partial charge in [-0.15, -0.1) is 0 Å². The third-order valence-corrected chi connectivity index (χ3v) is 3.41. The van der Waals surface area contributed by atoms with Crippen LogP contribution in [0, 0.1) is 0 Å². The van der Waals surface area contributed by atoms with Crippen LogP contribution in [0.25, 0.3) is 0 Å². The van der Waals surface area contributed by atoms with Crippen molar-refractivity contribution in [3.63, 3.8) is 0 Å². The maximum atomic E-state index is 5.81. The van der Waals surface area contributed by atoms with Crippen molar-refractivity contribution in [2.75, 3.05) is 6.54 Å². The number of halogens is 2. The van der Waals surface area contributed by atoms with E-state index in [4.69, 9.17) is 11.6 Å². The highest BCUT2D eigenvalue weighted by Crippen LogP contribution is 2.27. The average Bonchev–Trinajstić information content (AvgIpc) is 2.62. The summed E-state index contributed by atoms with van der Waals surface area (Å²) in [7, 11) is 0. The molecule has 2 heterocycles. The second kappa shape index (κ2) is 3.95. The molecule has 0 unspecified atom stereocenters. The van der Waals surface area contributed by atoms with Crippen LogP contribution in [0.15, 0.2) is 16.7 Å². The highest BCUT2D eigenvalue weighted by atomic mass is 79.9. The molecule has 1 aromatic heterocycles. The van der Waals surface area contributed by atoms with Crippen molar-refractivity contribution in [1.82, 2.24) is 10.3 Å². The molecule has 0 spiro atoms. The van der Waals surface area contributed by atoms with Crippen LogP contribution in [0.2, 0.25) is 5.15 Å². The van der Waals surface area contributed by atoms with E-state index in [1.807, 2.05) is 12.3 Å². The van der Waals surface area contributed by atoms with Crippen LogP contribution in [0.4, 0.5) is 0 Å². The summed E-state index contributed by atoms with van der Waals surface area (Å²) in [4.78, 5) is 4.10. The van der Waals surface area contributed by atoms with Crippen molar-refractivity contribution in [3.8, 4) is 0 Å². The highest BCUT2D eigenvalue weighted by Gasteiger charge is 2.16. The van der Waals surface area contributed by atoms with Gasteiger partial charge in [-0.2, -0.15) is 0 Å². The quantitative estimate of drug-likeness (QED) is 0.786. The molecular formula is C9H10BrClN2. The van der Waals surface area contributed by atoms with Crippen molar-refractivity contribution in [1.29, 1.82) is 0 Å². The molecule has 0 saturated carbocycles. The molecular weight excluding hydrogens is 251 g/mol. The Balaban J connectivity index is 2.25. The summed E-state index contributed by atoms with van der Waals surface area (Å²) in [6, 6.07) is 2.50. The molecule has 1 aliphatic heterocycles. The molecule has 1 aromatic rings. The third kappa shape index (κ3) is 2.03. The zero-order chi connectivity index (χ0) is 9.26. The predicted octanol–water partition coefficient (Wildman–Crippen LogP) is 2.92. The Bertz CT molecular complexity index is 310. The number of pyridine rings is 1. The number of aromatic nitrogens is 1. The molecule has 0 aliphatic carbocycles. The molecule has 1 fully saturated rings. The topological polar surface area (TPSA) is 24.9 Å². The van der Waals surface area contributed by atoms with Gasteiger partial charge in [0.2, 0.25) is 0 Å². The van der Waals surface area contributed by atoms with Crippen LogP contribution in [0.5, 0.6) is 0 Å². The molecule has 1 N–H and O–H groups in total. The van der Waals surface area contributed by atoms with E-state index in [9.17, 15) is 0 Å². The predicted molar refractivity (Wildman–Crippen MR) is 56.9 cm³/mol. The van der Waals surface area contributed by atoms with Crippen LogP contribution < -0.4 is 5.32 Å². The fourth-order valence-corrected chi connectivity index (χ4v) is 2.07. The standard InChI is InChI=1S/C9H10BrClN2/c10-7-4-6(5-13-9(7)11)8-2-1-3-12-8/h4-5,8,12H,1-3H2/t8-/m0/s1. The van der Waals surface area contributed by atoms with Crippen LogP contribution in [-0.2, 0) is 0 Å². The minimum atomic E-state index is 0.459. The van der Waals surface area contributed by atoms with E-state index in [-0.39, 0.29) is 0 Å². The fraction of sp³-hybridized carbons (Fsp3) is 0.444. The summed E-state index contributed by atoms with van der Waals surface area (Å²) < 4.78 is 0.875. The van der Waals surface area contributed by atoms with E-state index in [0.717, 1.165) is 11.0 Å². The summed E-state index contributed by atoms with van der Waals surface area (Å²) in [6.45, 7) is 1.10. The normalized spacial score (nSPS) is 22.2. The van der Waals surface area contributed by atoms with Gasteiger partial charge in [0.05, 0.1) is 4.47 Å². The summed E-state index contributed by atoms with van der Waals surface area (Å²) >= 11 is 9.18. The van der Waals surface area contributed by atoms with Gasteiger partial charge in [0.25, 0.3) is 0 Å². The first-order valence-electron chi connectivity index (χ1n) is 4.31. The molecule has 13 heavy (non-hydrogen) atoms. The summed E-state index contributed by atoms with van der Waals surface area (Å²) in [6.07, 6.45) is 4.27. The third-order valence-electron chi connectivity index (χ3n) is 2.28. The average molecular weight is 262 g/mol. The molecule has 1 atom stereocenters. The maximum Gasteiger partial charge on any atom is 0.143 e. The van der Waals surface area contributed by atoms with Gasteiger partial charge in [0, 0.05) is 12.2 Å². The molecule has 2 rings (SSSR count). The Kier molecular flexibility index (Phi) is 2.86.